The summed E-state index contributed by atoms with van der Waals surface area (Å²) in [7, 11) is 1.73. The molecular weight excluding hydrogens is 241 g/mol. The second-order valence-electron chi connectivity index (χ2n) is 3.71. The average molecular weight is 256 g/mol. The molecule has 1 N–H and O–H groups in total. The number of likely N-dealkylation sites (N-methyl/N-ethyl adjacent to an activating group) is 1. The molecule has 0 aromatic carbocycles. The summed E-state index contributed by atoms with van der Waals surface area (Å²) < 4.78 is 35.2. The lowest BCUT2D eigenvalue weighted by molar-refractivity contribution is -0.129. The van der Waals surface area contributed by atoms with Crippen molar-refractivity contribution < 1.29 is 18.0 Å². The van der Waals surface area contributed by atoms with Crippen LogP contribution in [0.1, 0.15) is 12.8 Å². The number of carbonyl (C=O) groups is 1. The van der Waals surface area contributed by atoms with Gasteiger partial charge in [-0.05, 0) is 24.6 Å². The molecule has 0 aromatic rings. The van der Waals surface area contributed by atoms with E-state index in [1.54, 1.807) is 11.9 Å². The van der Waals surface area contributed by atoms with E-state index in [1.165, 1.54) is 0 Å². The molecule has 94 valence electrons. The highest BCUT2D eigenvalue weighted by Crippen LogP contribution is 2.29. The van der Waals surface area contributed by atoms with E-state index in [-0.39, 0.29) is 36.5 Å². The normalized spacial score (nSPS) is 16.2. The zero-order valence-electron chi connectivity index (χ0n) is 9.01. The molecule has 0 radical (unpaired) electrons. The molecule has 0 aliphatic heterocycles. The topological polar surface area (TPSA) is 32.3 Å². The highest BCUT2D eigenvalue weighted by molar-refractivity contribution is 8.00. The number of rotatable bonds is 6. The monoisotopic (exact) mass is 256 g/mol. The summed E-state index contributed by atoms with van der Waals surface area (Å²) >= 11 is -0.0751. The first kappa shape index (κ1) is 13.6. The molecule has 1 aliphatic carbocycles. The van der Waals surface area contributed by atoms with Gasteiger partial charge in [0.25, 0.3) is 0 Å². The molecule has 3 nitrogen and oxygen atoms in total. The van der Waals surface area contributed by atoms with Gasteiger partial charge in [-0.25, -0.2) is 0 Å². The number of nitrogens with zero attached hydrogens (tertiary/aromatic N) is 1. The quantitative estimate of drug-likeness (QED) is 0.730. The van der Waals surface area contributed by atoms with Gasteiger partial charge >= 0.3 is 5.51 Å². The Balaban J connectivity index is 2.00. The predicted molar refractivity (Wildman–Crippen MR) is 57.2 cm³/mol. The Morgan fingerprint density at radius 2 is 2.12 bits per heavy atom. The third-order valence-corrected chi connectivity index (χ3v) is 3.04. The van der Waals surface area contributed by atoms with Crippen molar-refractivity contribution in [2.45, 2.75) is 24.4 Å². The van der Waals surface area contributed by atoms with Crippen LogP contribution in [0.2, 0.25) is 0 Å². The van der Waals surface area contributed by atoms with Crippen LogP contribution >= 0.6 is 11.8 Å². The number of hydrogen-bond acceptors (Lipinski definition) is 3. The zero-order valence-corrected chi connectivity index (χ0v) is 9.83. The molecule has 1 rings (SSSR count). The molecule has 1 saturated carbocycles. The number of carbonyl (C=O) groups excluding carboxylic acids is 1. The van der Waals surface area contributed by atoms with E-state index in [2.05, 4.69) is 5.32 Å². The van der Waals surface area contributed by atoms with Crippen LogP contribution in [0.25, 0.3) is 0 Å². The zero-order chi connectivity index (χ0) is 12.2. The Morgan fingerprint density at radius 3 is 2.62 bits per heavy atom. The van der Waals surface area contributed by atoms with Crippen molar-refractivity contribution in [3.63, 3.8) is 0 Å². The Labute approximate surface area is 96.7 Å². The maximum absolute atomic E-state index is 11.7. The Bertz CT molecular complexity index is 243. The SMILES string of the molecule is CN(C(=O)CNCCSC(F)(F)F)C1CC1. The maximum atomic E-state index is 11.7. The van der Waals surface area contributed by atoms with Crippen LogP contribution < -0.4 is 5.32 Å². The molecule has 0 atom stereocenters. The van der Waals surface area contributed by atoms with Gasteiger partial charge in [-0.2, -0.15) is 13.2 Å². The fraction of sp³-hybridized carbons (Fsp3) is 0.889. The van der Waals surface area contributed by atoms with Gasteiger partial charge in [0.2, 0.25) is 5.91 Å². The van der Waals surface area contributed by atoms with Crippen molar-refractivity contribution in [2.75, 3.05) is 25.9 Å². The van der Waals surface area contributed by atoms with Crippen molar-refractivity contribution in [3.05, 3.63) is 0 Å². The first-order valence-electron chi connectivity index (χ1n) is 5.07. The fourth-order valence-electron chi connectivity index (χ4n) is 1.22. The first-order valence-corrected chi connectivity index (χ1v) is 6.06. The Morgan fingerprint density at radius 1 is 1.50 bits per heavy atom. The van der Waals surface area contributed by atoms with E-state index in [0.29, 0.717) is 6.04 Å². The molecule has 0 bridgehead atoms. The number of nitrogens with one attached hydrogen (secondary N) is 1. The lowest BCUT2D eigenvalue weighted by atomic mass is 10.4. The van der Waals surface area contributed by atoms with Crippen LogP contribution in [-0.2, 0) is 4.79 Å². The summed E-state index contributed by atoms with van der Waals surface area (Å²) in [6.07, 6.45) is 2.07. The summed E-state index contributed by atoms with van der Waals surface area (Å²) in [6, 6.07) is 0.346. The van der Waals surface area contributed by atoms with Crippen molar-refractivity contribution in [1.82, 2.24) is 10.2 Å². The minimum Gasteiger partial charge on any atom is -0.342 e. The highest BCUT2D eigenvalue weighted by Gasteiger charge is 2.29. The summed E-state index contributed by atoms with van der Waals surface area (Å²) in [5, 5.41) is 2.71. The number of alkyl halides is 3. The number of halogens is 3. The first-order chi connectivity index (χ1) is 7.40. The fourth-order valence-corrected chi connectivity index (χ4v) is 1.70. The van der Waals surface area contributed by atoms with E-state index in [4.69, 9.17) is 0 Å². The summed E-state index contributed by atoms with van der Waals surface area (Å²) in [4.78, 5) is 13.1. The molecule has 0 heterocycles. The van der Waals surface area contributed by atoms with Crippen LogP contribution in [0.5, 0.6) is 0 Å². The molecule has 1 aliphatic rings. The third-order valence-electron chi connectivity index (χ3n) is 2.31. The summed E-state index contributed by atoms with van der Waals surface area (Å²) in [6.45, 7) is 0.305. The average Bonchev–Trinajstić information content (AvgIpc) is 2.97. The molecule has 1 fully saturated rings. The van der Waals surface area contributed by atoms with Gasteiger partial charge in [0.1, 0.15) is 0 Å². The van der Waals surface area contributed by atoms with E-state index in [0.717, 1.165) is 12.8 Å². The van der Waals surface area contributed by atoms with Gasteiger partial charge in [0, 0.05) is 25.4 Å². The van der Waals surface area contributed by atoms with Crippen LogP contribution in [0.3, 0.4) is 0 Å². The molecule has 7 heteroatoms. The summed E-state index contributed by atoms with van der Waals surface area (Å²) in [5.41, 5.74) is -4.18. The van der Waals surface area contributed by atoms with Crippen LogP contribution in [0.15, 0.2) is 0 Å². The molecular formula is C9H15F3N2OS. The molecule has 16 heavy (non-hydrogen) atoms. The third kappa shape index (κ3) is 5.60. The largest absolute Gasteiger partial charge is 0.441 e. The van der Waals surface area contributed by atoms with Crippen LogP contribution in [0.4, 0.5) is 13.2 Å². The van der Waals surface area contributed by atoms with Crippen molar-refractivity contribution in [1.29, 1.82) is 0 Å². The smallest absolute Gasteiger partial charge is 0.342 e. The minimum absolute atomic E-state index is 0.0560. The van der Waals surface area contributed by atoms with Crippen molar-refractivity contribution in [3.8, 4) is 0 Å². The lowest BCUT2D eigenvalue weighted by Crippen LogP contribution is -2.37. The van der Waals surface area contributed by atoms with Gasteiger partial charge in [-0.15, -0.1) is 0 Å². The molecule has 0 unspecified atom stereocenters. The molecule has 0 saturated heterocycles. The van der Waals surface area contributed by atoms with Gasteiger partial charge in [-0.3, -0.25) is 4.79 Å². The summed E-state index contributed by atoms with van der Waals surface area (Å²) in [5.74, 6) is -0.122. The number of thioether (sulfide) groups is 1. The van der Waals surface area contributed by atoms with Gasteiger partial charge in [0.15, 0.2) is 0 Å². The second kappa shape index (κ2) is 5.77. The van der Waals surface area contributed by atoms with E-state index >= 15 is 0 Å². The van der Waals surface area contributed by atoms with Crippen molar-refractivity contribution >= 4 is 17.7 Å². The molecule has 1 amide bonds. The predicted octanol–water partition coefficient (Wildman–Crippen LogP) is 1.45. The Hall–Kier alpha value is -0.430. The second-order valence-corrected chi connectivity index (χ2v) is 4.87. The van der Waals surface area contributed by atoms with E-state index in [9.17, 15) is 18.0 Å². The van der Waals surface area contributed by atoms with Gasteiger partial charge in [-0.1, -0.05) is 0 Å². The van der Waals surface area contributed by atoms with Crippen molar-refractivity contribution in [2.24, 2.45) is 0 Å². The van der Waals surface area contributed by atoms with E-state index in [1.807, 2.05) is 0 Å². The van der Waals surface area contributed by atoms with Gasteiger partial charge < -0.3 is 10.2 Å². The van der Waals surface area contributed by atoms with Crippen LogP contribution in [0, 0.1) is 0 Å². The van der Waals surface area contributed by atoms with Gasteiger partial charge in [0.05, 0.1) is 6.54 Å². The van der Waals surface area contributed by atoms with Crippen LogP contribution in [-0.4, -0.2) is 48.2 Å². The maximum Gasteiger partial charge on any atom is 0.441 e. The number of amides is 1. The standard InChI is InChI=1S/C9H15F3N2OS/c1-14(7-2-3-7)8(15)6-13-4-5-16-9(10,11)12/h7,13H,2-6H2,1H3. The van der Waals surface area contributed by atoms with E-state index < -0.39 is 5.51 Å². The minimum atomic E-state index is -4.18. The molecule has 0 aromatic heterocycles. The Kier molecular flexibility index (Phi) is 4.91. The molecule has 0 spiro atoms. The highest BCUT2D eigenvalue weighted by atomic mass is 32.2. The number of hydrogen-bond donors (Lipinski definition) is 1. The lowest BCUT2D eigenvalue weighted by Gasteiger charge is -2.16.